The Morgan fingerprint density at radius 1 is 0.978 bits per heavy atom. The van der Waals surface area contributed by atoms with Crippen molar-refractivity contribution in [2.75, 3.05) is 13.2 Å². The zero-order valence-electron chi connectivity index (χ0n) is 23.9. The molecular weight excluding hydrogens is 656 g/mol. The smallest absolute Gasteiger partial charge is 0.416 e. The molecule has 4 aromatic rings. The highest BCUT2D eigenvalue weighted by Gasteiger charge is 2.53. The number of rotatable bonds is 11. The van der Waals surface area contributed by atoms with Crippen LogP contribution in [0, 0.1) is 5.82 Å². The number of hydrogen-bond donors (Lipinski definition) is 2. The van der Waals surface area contributed by atoms with Crippen molar-refractivity contribution >= 4 is 27.7 Å². The summed E-state index contributed by atoms with van der Waals surface area (Å²) >= 11 is 3.43. The third-order valence-corrected chi connectivity index (χ3v) is 7.79. The van der Waals surface area contributed by atoms with Crippen LogP contribution in [0.15, 0.2) is 107 Å². The number of benzene rings is 4. The first-order chi connectivity index (χ1) is 21.6. The van der Waals surface area contributed by atoms with E-state index < -0.39 is 35.1 Å². The van der Waals surface area contributed by atoms with Crippen LogP contribution in [0.2, 0.25) is 0 Å². The van der Waals surface area contributed by atoms with E-state index in [-0.39, 0.29) is 31.0 Å². The van der Waals surface area contributed by atoms with Gasteiger partial charge in [-0.25, -0.2) is 9.38 Å². The molecule has 0 fully saturated rings. The molecule has 0 bridgehead atoms. The highest BCUT2D eigenvalue weighted by Crippen LogP contribution is 2.43. The van der Waals surface area contributed by atoms with Gasteiger partial charge in [-0.3, -0.25) is 4.79 Å². The lowest BCUT2D eigenvalue weighted by Crippen LogP contribution is -2.49. The molecule has 45 heavy (non-hydrogen) atoms. The molecule has 1 aliphatic rings. The summed E-state index contributed by atoms with van der Waals surface area (Å²) in [4.78, 5) is 19.2. The fraction of sp³-hybridized carbons (Fsp3) is 0.235. The Morgan fingerprint density at radius 2 is 1.69 bits per heavy atom. The minimum absolute atomic E-state index is 0.00837. The number of alkyl halides is 3. The lowest BCUT2D eigenvalue weighted by atomic mass is 9.82. The maximum Gasteiger partial charge on any atom is 0.416 e. The van der Waals surface area contributed by atoms with E-state index in [9.17, 15) is 22.4 Å². The van der Waals surface area contributed by atoms with Gasteiger partial charge in [0.1, 0.15) is 11.6 Å². The molecule has 0 spiro atoms. The lowest BCUT2D eigenvalue weighted by Gasteiger charge is -2.31. The van der Waals surface area contributed by atoms with E-state index >= 15 is 0 Å². The van der Waals surface area contributed by atoms with E-state index in [0.717, 1.165) is 22.2 Å². The molecule has 2 N–H and O–H groups in total. The number of hydrogen-bond acceptors (Lipinski definition) is 5. The van der Waals surface area contributed by atoms with Crippen molar-refractivity contribution in [3.05, 3.63) is 135 Å². The van der Waals surface area contributed by atoms with E-state index in [1.807, 2.05) is 42.5 Å². The Balaban J connectivity index is 1.54. The van der Waals surface area contributed by atoms with Gasteiger partial charge in [0.05, 0.1) is 12.2 Å². The first-order valence-electron chi connectivity index (χ1n) is 14.1. The lowest BCUT2D eigenvalue weighted by molar-refractivity contribution is -0.137. The maximum atomic E-state index is 14.3. The number of nitrogens with one attached hydrogen (secondary N) is 1. The minimum Gasteiger partial charge on any atom is -0.494 e. The zero-order chi connectivity index (χ0) is 32.0. The summed E-state index contributed by atoms with van der Waals surface area (Å²) in [5.74, 6) is -0.886. The van der Waals surface area contributed by atoms with Gasteiger partial charge >= 0.3 is 6.18 Å². The second kappa shape index (κ2) is 13.8. The molecule has 5 rings (SSSR count). The second-order valence-corrected chi connectivity index (χ2v) is 11.4. The number of nitrogens with zero attached hydrogens (tertiary/aromatic N) is 1. The molecule has 6 nitrogen and oxygen atoms in total. The molecule has 2 atom stereocenters. The SMILES string of the molecule is O=C(NCc1cc(F)cc(C(F)(F)F)c1)[C@]1(Cc2ccccc2)N=C(c2ccc(OCCCO)cc2)O[C@@H]1c1ccc(Br)cc1. The molecule has 0 radical (unpaired) electrons. The topological polar surface area (TPSA) is 80.2 Å². The van der Waals surface area contributed by atoms with E-state index in [0.29, 0.717) is 36.0 Å². The van der Waals surface area contributed by atoms with Crippen molar-refractivity contribution < 1.29 is 36.9 Å². The molecule has 0 aliphatic carbocycles. The van der Waals surface area contributed by atoms with Crippen molar-refractivity contribution in [1.82, 2.24) is 5.32 Å². The van der Waals surface area contributed by atoms with Gasteiger partial charge in [-0.05, 0) is 71.3 Å². The third kappa shape index (κ3) is 7.72. The van der Waals surface area contributed by atoms with Gasteiger partial charge < -0.3 is 19.9 Å². The summed E-state index contributed by atoms with van der Waals surface area (Å²) in [6, 6.07) is 25.6. The first kappa shape index (κ1) is 32.2. The average molecular weight is 686 g/mol. The van der Waals surface area contributed by atoms with Crippen molar-refractivity contribution in [2.24, 2.45) is 4.99 Å². The van der Waals surface area contributed by atoms with Crippen molar-refractivity contribution in [2.45, 2.75) is 37.2 Å². The largest absolute Gasteiger partial charge is 0.494 e. The molecule has 11 heteroatoms. The number of amides is 1. The summed E-state index contributed by atoms with van der Waals surface area (Å²) in [6.45, 7) is -0.0164. The van der Waals surface area contributed by atoms with E-state index in [2.05, 4.69) is 21.2 Å². The van der Waals surface area contributed by atoms with Gasteiger partial charge in [0.25, 0.3) is 5.91 Å². The normalized spacial score (nSPS) is 17.8. The summed E-state index contributed by atoms with van der Waals surface area (Å²) < 4.78 is 67.1. The van der Waals surface area contributed by atoms with Gasteiger partial charge in [0.2, 0.25) is 5.90 Å². The number of aliphatic hydroxyl groups excluding tert-OH is 1. The summed E-state index contributed by atoms with van der Waals surface area (Å²) in [6.07, 6.45) is -5.08. The standard InChI is InChI=1S/C34H29BrF4N2O4/c35-27-11-7-24(8-12-27)30-33(20-22-5-2-1-3-6-22,32(43)40-21-23-17-26(34(37,38)39)19-28(36)18-23)41-31(45-30)25-9-13-29(14-10-25)44-16-4-15-42/h1-3,5-14,17-19,30,42H,4,15-16,20-21H2,(H,40,43)/t30-,33-/m1/s1. The average Bonchev–Trinajstić information content (AvgIpc) is 3.41. The number of halogens is 5. The van der Waals surface area contributed by atoms with Crippen LogP contribution in [0.3, 0.4) is 0 Å². The number of ether oxygens (including phenoxy) is 2. The van der Waals surface area contributed by atoms with Crippen LogP contribution in [0.25, 0.3) is 0 Å². The minimum atomic E-state index is -4.75. The van der Waals surface area contributed by atoms with Crippen LogP contribution < -0.4 is 10.1 Å². The number of carbonyl (C=O) groups is 1. The molecule has 0 unspecified atom stereocenters. The van der Waals surface area contributed by atoms with E-state index in [1.54, 1.807) is 36.4 Å². The number of aliphatic hydroxyl groups is 1. The molecule has 1 aliphatic heterocycles. The Morgan fingerprint density at radius 3 is 2.36 bits per heavy atom. The van der Waals surface area contributed by atoms with E-state index in [4.69, 9.17) is 19.6 Å². The predicted octanol–water partition coefficient (Wildman–Crippen LogP) is 7.18. The van der Waals surface area contributed by atoms with Crippen molar-refractivity contribution in [3.8, 4) is 5.75 Å². The van der Waals surface area contributed by atoms with Gasteiger partial charge in [-0.15, -0.1) is 0 Å². The second-order valence-electron chi connectivity index (χ2n) is 10.5. The molecule has 4 aromatic carbocycles. The van der Waals surface area contributed by atoms with Crippen LogP contribution in [0.1, 0.15) is 40.3 Å². The molecule has 1 amide bonds. The van der Waals surface area contributed by atoms with Gasteiger partial charge in [-0.2, -0.15) is 13.2 Å². The first-order valence-corrected chi connectivity index (χ1v) is 14.9. The van der Waals surface area contributed by atoms with Crippen LogP contribution in [-0.4, -0.2) is 35.7 Å². The predicted molar refractivity (Wildman–Crippen MR) is 164 cm³/mol. The van der Waals surface area contributed by atoms with Crippen molar-refractivity contribution in [1.29, 1.82) is 0 Å². The van der Waals surface area contributed by atoms with Gasteiger partial charge in [-0.1, -0.05) is 58.4 Å². The van der Waals surface area contributed by atoms with E-state index in [1.165, 1.54) is 0 Å². The molecule has 234 valence electrons. The Bertz CT molecular complexity index is 1650. The van der Waals surface area contributed by atoms with Crippen LogP contribution in [0.5, 0.6) is 5.75 Å². The van der Waals surface area contributed by atoms with Gasteiger partial charge in [0.15, 0.2) is 11.6 Å². The number of carbonyl (C=O) groups excluding carboxylic acids is 1. The molecule has 0 saturated carbocycles. The Kier molecular flexibility index (Phi) is 9.89. The molecule has 0 saturated heterocycles. The highest BCUT2D eigenvalue weighted by atomic mass is 79.9. The summed E-state index contributed by atoms with van der Waals surface area (Å²) in [5.41, 5.74) is -0.772. The van der Waals surface area contributed by atoms with Gasteiger partial charge in [0, 0.05) is 36.0 Å². The summed E-state index contributed by atoms with van der Waals surface area (Å²) in [7, 11) is 0. The van der Waals surface area contributed by atoms with Crippen LogP contribution in [-0.2, 0) is 28.7 Å². The highest BCUT2D eigenvalue weighted by molar-refractivity contribution is 9.10. The molecule has 1 heterocycles. The molecule has 0 aromatic heterocycles. The zero-order valence-corrected chi connectivity index (χ0v) is 25.4. The fourth-order valence-corrected chi connectivity index (χ4v) is 5.34. The summed E-state index contributed by atoms with van der Waals surface area (Å²) in [5, 5.41) is 11.7. The Labute approximate surface area is 265 Å². The van der Waals surface area contributed by atoms with Crippen molar-refractivity contribution in [3.63, 3.8) is 0 Å². The number of aliphatic imine (C=N–C) groups is 1. The van der Waals surface area contributed by atoms with Crippen LogP contribution >= 0.6 is 15.9 Å². The molecular formula is C34H29BrF4N2O4. The fourth-order valence-electron chi connectivity index (χ4n) is 5.08. The monoisotopic (exact) mass is 684 g/mol. The van der Waals surface area contributed by atoms with Crippen LogP contribution in [0.4, 0.5) is 17.6 Å². The third-order valence-electron chi connectivity index (χ3n) is 7.26. The Hall–Kier alpha value is -4.22. The maximum absolute atomic E-state index is 14.3. The quantitative estimate of drug-likeness (QED) is 0.130.